The zero-order valence-corrected chi connectivity index (χ0v) is 10.8. The molecular formula is C13H18N2O5. The Bertz CT molecular complexity index is 463. The number of aliphatic carboxylic acids is 1. The third-order valence-corrected chi connectivity index (χ3v) is 2.80. The lowest BCUT2D eigenvalue weighted by molar-refractivity contribution is -0.180. The third-order valence-electron chi connectivity index (χ3n) is 2.80. The summed E-state index contributed by atoms with van der Waals surface area (Å²) in [7, 11) is 0. The van der Waals surface area contributed by atoms with Gasteiger partial charge in [0.05, 0.1) is 0 Å². The van der Waals surface area contributed by atoms with Gasteiger partial charge in [0.15, 0.2) is 6.23 Å². The number of carbonyl (C=O) groups excluding carboxylic acids is 1. The molecule has 2 atom stereocenters. The number of amides is 1. The monoisotopic (exact) mass is 282 g/mol. The van der Waals surface area contributed by atoms with Gasteiger partial charge in [-0.3, -0.25) is 4.79 Å². The fourth-order valence-corrected chi connectivity index (χ4v) is 1.63. The van der Waals surface area contributed by atoms with Gasteiger partial charge in [0.1, 0.15) is 0 Å². The number of nitrogens with two attached hydrogens (primary N) is 1. The smallest absolute Gasteiger partial charge is 0.361 e. The van der Waals surface area contributed by atoms with E-state index in [0.29, 0.717) is 12.8 Å². The van der Waals surface area contributed by atoms with Gasteiger partial charge in [-0.2, -0.15) is 0 Å². The standard InChI is InChI=1S/C13H18N2O5/c14-11(17)13(20,12(18)19)15-10(16)8-4-7-9-5-2-1-3-6-9/h1-3,5-6,11,17,20H,4,7-8,14H2,(H,15,16)(H,18,19)/t11-,13+/m1/s1. The van der Waals surface area contributed by atoms with Crippen molar-refractivity contribution in [1.29, 1.82) is 0 Å². The second-order valence-electron chi connectivity index (χ2n) is 4.40. The van der Waals surface area contributed by atoms with Crippen LogP contribution in [-0.4, -0.2) is 39.1 Å². The Morgan fingerprint density at radius 2 is 1.90 bits per heavy atom. The van der Waals surface area contributed by atoms with E-state index in [2.05, 4.69) is 0 Å². The molecule has 1 aromatic carbocycles. The molecule has 7 heteroatoms. The molecule has 1 rings (SSSR count). The normalized spacial score (nSPS) is 15.2. The number of carbonyl (C=O) groups is 2. The van der Waals surface area contributed by atoms with Gasteiger partial charge in [-0.1, -0.05) is 30.3 Å². The van der Waals surface area contributed by atoms with Crippen LogP contribution in [0, 0.1) is 0 Å². The van der Waals surface area contributed by atoms with Crippen LogP contribution in [0.4, 0.5) is 0 Å². The fourth-order valence-electron chi connectivity index (χ4n) is 1.63. The van der Waals surface area contributed by atoms with E-state index in [0.717, 1.165) is 5.56 Å². The Balaban J connectivity index is 2.45. The zero-order chi connectivity index (χ0) is 15.2. The molecule has 0 fully saturated rings. The number of aliphatic hydroxyl groups is 2. The van der Waals surface area contributed by atoms with Crippen molar-refractivity contribution >= 4 is 11.9 Å². The summed E-state index contributed by atoms with van der Waals surface area (Å²) >= 11 is 0. The van der Waals surface area contributed by atoms with Crippen molar-refractivity contribution in [2.24, 2.45) is 5.73 Å². The highest BCUT2D eigenvalue weighted by molar-refractivity contribution is 5.85. The quantitative estimate of drug-likeness (QED) is 0.415. The highest BCUT2D eigenvalue weighted by atomic mass is 16.4. The molecule has 0 saturated carbocycles. The summed E-state index contributed by atoms with van der Waals surface area (Å²) in [6.07, 6.45) is -0.980. The van der Waals surface area contributed by atoms with Crippen LogP contribution in [0.5, 0.6) is 0 Å². The van der Waals surface area contributed by atoms with Crippen molar-refractivity contribution in [3.05, 3.63) is 35.9 Å². The summed E-state index contributed by atoms with van der Waals surface area (Å²) in [5, 5.41) is 29.1. The zero-order valence-electron chi connectivity index (χ0n) is 10.8. The predicted octanol–water partition coefficient (Wildman–Crippen LogP) is -0.824. The van der Waals surface area contributed by atoms with Gasteiger partial charge in [0.2, 0.25) is 5.91 Å². The molecule has 0 radical (unpaired) electrons. The van der Waals surface area contributed by atoms with Crippen LogP contribution in [0.1, 0.15) is 18.4 Å². The minimum atomic E-state index is -2.87. The van der Waals surface area contributed by atoms with E-state index < -0.39 is 23.8 Å². The Hall–Kier alpha value is -1.96. The summed E-state index contributed by atoms with van der Waals surface area (Å²) in [5.41, 5.74) is 3.13. The lowest BCUT2D eigenvalue weighted by Gasteiger charge is -2.26. The summed E-state index contributed by atoms with van der Waals surface area (Å²) in [4.78, 5) is 22.3. The van der Waals surface area contributed by atoms with Gasteiger partial charge in [0.25, 0.3) is 5.72 Å². The number of hydrogen-bond acceptors (Lipinski definition) is 5. The molecule has 0 aromatic heterocycles. The molecule has 7 nitrogen and oxygen atoms in total. The molecule has 0 aliphatic heterocycles. The fraction of sp³-hybridized carbons (Fsp3) is 0.385. The Morgan fingerprint density at radius 3 is 2.40 bits per heavy atom. The van der Waals surface area contributed by atoms with Crippen LogP contribution >= 0.6 is 0 Å². The van der Waals surface area contributed by atoms with Gasteiger partial charge < -0.3 is 26.4 Å². The number of nitrogens with one attached hydrogen (secondary N) is 1. The molecule has 0 aliphatic rings. The first-order valence-electron chi connectivity index (χ1n) is 6.10. The SMILES string of the molecule is N[C@H](O)[C@@](O)(NC(=O)CCCc1ccccc1)C(=O)O. The molecule has 0 heterocycles. The molecule has 0 spiro atoms. The van der Waals surface area contributed by atoms with Crippen molar-refractivity contribution in [3.8, 4) is 0 Å². The van der Waals surface area contributed by atoms with Gasteiger partial charge in [0, 0.05) is 6.42 Å². The maximum Gasteiger partial charge on any atom is 0.361 e. The summed E-state index contributed by atoms with van der Waals surface area (Å²) in [5.74, 6) is -2.51. The molecule has 0 saturated heterocycles. The van der Waals surface area contributed by atoms with Gasteiger partial charge in [-0.25, -0.2) is 4.79 Å². The largest absolute Gasteiger partial charge is 0.478 e. The first kappa shape index (κ1) is 16.1. The van der Waals surface area contributed by atoms with E-state index >= 15 is 0 Å². The molecule has 0 aliphatic carbocycles. The molecule has 6 N–H and O–H groups in total. The second kappa shape index (κ2) is 6.99. The van der Waals surface area contributed by atoms with E-state index in [9.17, 15) is 14.7 Å². The number of carboxylic acid groups (broad SMARTS) is 1. The minimum absolute atomic E-state index is 0.0111. The lowest BCUT2D eigenvalue weighted by Crippen LogP contribution is -2.65. The molecule has 0 bridgehead atoms. The number of benzene rings is 1. The Kier molecular flexibility index (Phi) is 5.63. The van der Waals surface area contributed by atoms with Crippen LogP contribution in [-0.2, 0) is 16.0 Å². The third kappa shape index (κ3) is 4.30. The average Bonchev–Trinajstić information content (AvgIpc) is 2.39. The number of rotatable bonds is 7. The highest BCUT2D eigenvalue weighted by Crippen LogP contribution is 2.07. The topological polar surface area (TPSA) is 133 Å². The van der Waals surface area contributed by atoms with Crippen LogP contribution in [0.25, 0.3) is 0 Å². The van der Waals surface area contributed by atoms with Crippen LogP contribution in [0.15, 0.2) is 30.3 Å². The average molecular weight is 282 g/mol. The number of hydrogen-bond donors (Lipinski definition) is 5. The van der Waals surface area contributed by atoms with Crippen LogP contribution in [0.3, 0.4) is 0 Å². The molecule has 1 amide bonds. The molecule has 20 heavy (non-hydrogen) atoms. The van der Waals surface area contributed by atoms with Crippen molar-refractivity contribution in [2.75, 3.05) is 0 Å². The number of carboxylic acids is 1. The van der Waals surface area contributed by atoms with Crippen molar-refractivity contribution < 1.29 is 24.9 Å². The lowest BCUT2D eigenvalue weighted by atomic mass is 10.1. The van der Waals surface area contributed by atoms with E-state index in [-0.39, 0.29) is 6.42 Å². The second-order valence-corrected chi connectivity index (χ2v) is 4.40. The molecular weight excluding hydrogens is 264 g/mol. The predicted molar refractivity (Wildman–Crippen MR) is 70.3 cm³/mol. The summed E-state index contributed by atoms with van der Waals surface area (Å²) < 4.78 is 0. The van der Waals surface area contributed by atoms with Crippen LogP contribution in [0.2, 0.25) is 0 Å². The molecule has 0 unspecified atom stereocenters. The maximum absolute atomic E-state index is 11.6. The highest BCUT2D eigenvalue weighted by Gasteiger charge is 2.43. The van der Waals surface area contributed by atoms with E-state index in [1.54, 1.807) is 0 Å². The molecule has 1 aromatic rings. The molecule has 110 valence electrons. The summed E-state index contributed by atoms with van der Waals surface area (Å²) in [6.45, 7) is 0. The van der Waals surface area contributed by atoms with Gasteiger partial charge in [-0.15, -0.1) is 0 Å². The van der Waals surface area contributed by atoms with Gasteiger partial charge in [-0.05, 0) is 18.4 Å². The first-order chi connectivity index (χ1) is 9.36. The van der Waals surface area contributed by atoms with Crippen molar-refractivity contribution in [2.45, 2.75) is 31.2 Å². The van der Waals surface area contributed by atoms with Gasteiger partial charge >= 0.3 is 5.97 Å². The van der Waals surface area contributed by atoms with E-state index in [1.807, 2.05) is 35.6 Å². The van der Waals surface area contributed by atoms with Crippen molar-refractivity contribution in [3.63, 3.8) is 0 Å². The Labute approximate surface area is 116 Å². The number of aryl methyl sites for hydroxylation is 1. The van der Waals surface area contributed by atoms with E-state index in [1.165, 1.54) is 0 Å². The van der Waals surface area contributed by atoms with Crippen molar-refractivity contribution in [1.82, 2.24) is 5.32 Å². The first-order valence-corrected chi connectivity index (χ1v) is 6.10. The van der Waals surface area contributed by atoms with E-state index in [4.69, 9.17) is 15.9 Å². The Morgan fingerprint density at radius 1 is 1.30 bits per heavy atom. The number of aliphatic hydroxyl groups excluding tert-OH is 1. The maximum atomic E-state index is 11.6. The minimum Gasteiger partial charge on any atom is -0.478 e. The summed E-state index contributed by atoms with van der Waals surface area (Å²) in [6, 6.07) is 9.46. The van der Waals surface area contributed by atoms with Crippen LogP contribution < -0.4 is 11.1 Å².